The molecule has 0 aliphatic carbocycles. The van der Waals surface area contributed by atoms with Crippen molar-refractivity contribution in [2.45, 2.75) is 50.2 Å². The number of ether oxygens (including phenoxy) is 1. The first-order chi connectivity index (χ1) is 8.19. The van der Waals surface area contributed by atoms with Crippen LogP contribution >= 0.6 is 23.2 Å². The SMILES string of the molecule is CCCC1CC(Cl)CC(c2ccc(Cl)cc2)O1. The summed E-state index contributed by atoms with van der Waals surface area (Å²) < 4.78 is 6.10. The summed E-state index contributed by atoms with van der Waals surface area (Å²) in [6, 6.07) is 7.88. The van der Waals surface area contributed by atoms with Gasteiger partial charge in [-0.05, 0) is 37.0 Å². The second-order valence-corrected chi connectivity index (χ2v) is 5.71. The van der Waals surface area contributed by atoms with Gasteiger partial charge in [0, 0.05) is 10.4 Å². The predicted octanol–water partition coefficient (Wildman–Crippen LogP) is 4.97. The molecule has 0 N–H and O–H groups in total. The van der Waals surface area contributed by atoms with Crippen molar-refractivity contribution >= 4 is 23.2 Å². The molecule has 1 fully saturated rings. The van der Waals surface area contributed by atoms with Crippen molar-refractivity contribution in [2.24, 2.45) is 0 Å². The molecule has 3 unspecified atom stereocenters. The Morgan fingerprint density at radius 2 is 1.94 bits per heavy atom. The van der Waals surface area contributed by atoms with Gasteiger partial charge >= 0.3 is 0 Å². The number of halogens is 2. The summed E-state index contributed by atoms with van der Waals surface area (Å²) in [7, 11) is 0. The molecule has 0 aromatic heterocycles. The Hall–Kier alpha value is -0.240. The van der Waals surface area contributed by atoms with Crippen molar-refractivity contribution in [1.82, 2.24) is 0 Å². The van der Waals surface area contributed by atoms with E-state index in [4.69, 9.17) is 27.9 Å². The zero-order valence-electron chi connectivity index (χ0n) is 10.0. The van der Waals surface area contributed by atoms with E-state index in [9.17, 15) is 0 Å². The van der Waals surface area contributed by atoms with Crippen LogP contribution in [0.1, 0.15) is 44.3 Å². The molecule has 0 amide bonds. The maximum absolute atomic E-state index is 6.32. The van der Waals surface area contributed by atoms with Crippen LogP contribution in [0.15, 0.2) is 24.3 Å². The molecule has 1 aromatic carbocycles. The molecule has 3 heteroatoms. The summed E-state index contributed by atoms with van der Waals surface area (Å²) in [6.45, 7) is 2.18. The highest BCUT2D eigenvalue weighted by molar-refractivity contribution is 6.30. The van der Waals surface area contributed by atoms with Crippen molar-refractivity contribution in [1.29, 1.82) is 0 Å². The third-order valence-electron chi connectivity index (χ3n) is 3.20. The molecule has 1 nitrogen and oxygen atoms in total. The molecule has 1 aliphatic heterocycles. The maximum atomic E-state index is 6.32. The Kier molecular flexibility index (Phi) is 4.72. The standard InChI is InChI=1S/C14H18Cl2O/c1-2-3-13-8-12(16)9-14(17-13)10-4-6-11(15)7-5-10/h4-7,12-14H,2-3,8-9H2,1H3. The zero-order chi connectivity index (χ0) is 12.3. The van der Waals surface area contributed by atoms with Crippen LogP contribution in [0.25, 0.3) is 0 Å². The fourth-order valence-electron chi connectivity index (χ4n) is 2.36. The Bertz CT molecular complexity index is 350. The fourth-order valence-corrected chi connectivity index (χ4v) is 2.84. The average molecular weight is 273 g/mol. The summed E-state index contributed by atoms with van der Waals surface area (Å²) in [5.41, 5.74) is 1.18. The van der Waals surface area contributed by atoms with Gasteiger partial charge in [0.25, 0.3) is 0 Å². The maximum Gasteiger partial charge on any atom is 0.0842 e. The van der Waals surface area contributed by atoms with Crippen molar-refractivity contribution in [2.75, 3.05) is 0 Å². The average Bonchev–Trinajstić information content (AvgIpc) is 2.29. The molecular weight excluding hydrogens is 255 g/mol. The number of hydrogen-bond acceptors (Lipinski definition) is 1. The molecule has 17 heavy (non-hydrogen) atoms. The molecule has 1 aromatic rings. The molecule has 1 heterocycles. The lowest BCUT2D eigenvalue weighted by Crippen LogP contribution is -2.28. The smallest absolute Gasteiger partial charge is 0.0842 e. The van der Waals surface area contributed by atoms with Gasteiger partial charge in [0.05, 0.1) is 12.2 Å². The summed E-state index contributed by atoms with van der Waals surface area (Å²) in [6.07, 6.45) is 4.52. The van der Waals surface area contributed by atoms with Crippen LogP contribution < -0.4 is 0 Å². The van der Waals surface area contributed by atoms with Crippen LogP contribution in [-0.2, 0) is 4.74 Å². The quantitative estimate of drug-likeness (QED) is 0.707. The van der Waals surface area contributed by atoms with Gasteiger partial charge < -0.3 is 4.74 Å². The van der Waals surface area contributed by atoms with E-state index in [-0.39, 0.29) is 11.5 Å². The lowest BCUT2D eigenvalue weighted by molar-refractivity contribution is -0.0532. The second-order valence-electron chi connectivity index (χ2n) is 4.66. The number of rotatable bonds is 3. The highest BCUT2D eigenvalue weighted by Crippen LogP contribution is 2.35. The van der Waals surface area contributed by atoms with Crippen LogP contribution in [0.5, 0.6) is 0 Å². The first-order valence-electron chi connectivity index (χ1n) is 6.24. The number of alkyl halides is 1. The molecule has 1 saturated heterocycles. The van der Waals surface area contributed by atoms with E-state index >= 15 is 0 Å². The third-order valence-corrected chi connectivity index (χ3v) is 3.81. The lowest BCUT2D eigenvalue weighted by Gasteiger charge is -2.33. The van der Waals surface area contributed by atoms with Gasteiger partial charge in [0.2, 0.25) is 0 Å². The van der Waals surface area contributed by atoms with Crippen LogP contribution in [-0.4, -0.2) is 11.5 Å². The molecule has 1 aliphatic rings. The third kappa shape index (κ3) is 3.61. The Labute approximate surface area is 113 Å². The van der Waals surface area contributed by atoms with E-state index < -0.39 is 0 Å². The fraction of sp³-hybridized carbons (Fsp3) is 0.571. The molecule has 2 rings (SSSR count). The topological polar surface area (TPSA) is 9.23 Å². The van der Waals surface area contributed by atoms with Crippen LogP contribution in [0.4, 0.5) is 0 Å². The van der Waals surface area contributed by atoms with E-state index in [1.165, 1.54) is 5.56 Å². The second kappa shape index (κ2) is 6.08. The minimum atomic E-state index is 0.125. The molecule has 0 spiro atoms. The van der Waals surface area contributed by atoms with E-state index in [1.807, 2.05) is 24.3 Å². The Balaban J connectivity index is 2.06. The van der Waals surface area contributed by atoms with Gasteiger partial charge in [-0.25, -0.2) is 0 Å². The molecule has 3 atom stereocenters. The van der Waals surface area contributed by atoms with Gasteiger partial charge in [0.15, 0.2) is 0 Å². The molecule has 0 radical (unpaired) electrons. The van der Waals surface area contributed by atoms with Crippen molar-refractivity contribution in [3.8, 4) is 0 Å². The van der Waals surface area contributed by atoms with E-state index in [0.29, 0.717) is 6.10 Å². The Morgan fingerprint density at radius 3 is 2.59 bits per heavy atom. The molecule has 0 saturated carbocycles. The molecule has 0 bridgehead atoms. The summed E-state index contributed by atoms with van der Waals surface area (Å²) in [5.74, 6) is 0. The minimum Gasteiger partial charge on any atom is -0.370 e. The lowest BCUT2D eigenvalue weighted by atomic mass is 9.96. The number of hydrogen-bond donors (Lipinski definition) is 0. The van der Waals surface area contributed by atoms with E-state index in [0.717, 1.165) is 30.7 Å². The highest BCUT2D eigenvalue weighted by atomic mass is 35.5. The zero-order valence-corrected chi connectivity index (χ0v) is 11.5. The van der Waals surface area contributed by atoms with Crippen molar-refractivity contribution < 1.29 is 4.74 Å². The summed E-state index contributed by atoms with van der Waals surface area (Å²) >= 11 is 12.2. The van der Waals surface area contributed by atoms with Crippen LogP contribution in [0.2, 0.25) is 5.02 Å². The van der Waals surface area contributed by atoms with E-state index in [2.05, 4.69) is 6.92 Å². The normalized spacial score (nSPS) is 29.2. The Morgan fingerprint density at radius 1 is 1.24 bits per heavy atom. The largest absolute Gasteiger partial charge is 0.370 e. The summed E-state index contributed by atoms with van der Waals surface area (Å²) in [5, 5.41) is 0.984. The van der Waals surface area contributed by atoms with E-state index in [1.54, 1.807) is 0 Å². The van der Waals surface area contributed by atoms with Gasteiger partial charge in [-0.2, -0.15) is 0 Å². The van der Waals surface area contributed by atoms with Gasteiger partial charge in [0.1, 0.15) is 0 Å². The van der Waals surface area contributed by atoms with Gasteiger partial charge in [-0.1, -0.05) is 37.1 Å². The monoisotopic (exact) mass is 272 g/mol. The first-order valence-corrected chi connectivity index (χ1v) is 7.05. The first kappa shape index (κ1) is 13.2. The van der Waals surface area contributed by atoms with Crippen molar-refractivity contribution in [3.63, 3.8) is 0 Å². The molecular formula is C14H18Cl2O. The number of benzene rings is 1. The van der Waals surface area contributed by atoms with Crippen molar-refractivity contribution in [3.05, 3.63) is 34.9 Å². The minimum absolute atomic E-state index is 0.125. The highest BCUT2D eigenvalue weighted by Gasteiger charge is 2.28. The van der Waals surface area contributed by atoms with Crippen LogP contribution in [0.3, 0.4) is 0 Å². The van der Waals surface area contributed by atoms with Gasteiger partial charge in [-0.3, -0.25) is 0 Å². The van der Waals surface area contributed by atoms with Crippen LogP contribution in [0, 0.1) is 0 Å². The predicted molar refractivity (Wildman–Crippen MR) is 72.8 cm³/mol. The van der Waals surface area contributed by atoms with Gasteiger partial charge in [-0.15, -0.1) is 11.6 Å². The summed E-state index contributed by atoms with van der Waals surface area (Å²) in [4.78, 5) is 0. The molecule has 94 valence electrons.